The minimum absolute atomic E-state index is 0.395. The summed E-state index contributed by atoms with van der Waals surface area (Å²) in [5.74, 6) is 1.20. The van der Waals surface area contributed by atoms with E-state index in [0.717, 1.165) is 38.8 Å². The molecule has 3 aromatic rings. The minimum atomic E-state index is -0.437. The molecule has 1 aliphatic rings. The van der Waals surface area contributed by atoms with Crippen LogP contribution in [0, 0.1) is 6.92 Å². The van der Waals surface area contributed by atoms with Crippen molar-refractivity contribution in [1.82, 2.24) is 10.2 Å². The highest BCUT2D eigenvalue weighted by atomic mass is 16.7. The lowest BCUT2D eigenvalue weighted by Gasteiger charge is -2.32. The maximum atomic E-state index is 6.22. The average molecular weight is 391 g/mol. The molecular weight excluding hydrogens is 365 g/mol. The fourth-order valence-electron chi connectivity index (χ4n) is 3.55. The van der Waals surface area contributed by atoms with Gasteiger partial charge < -0.3 is 19.8 Å². The summed E-state index contributed by atoms with van der Waals surface area (Å²) in [6.07, 6.45) is 0. The summed E-state index contributed by atoms with van der Waals surface area (Å²) in [7, 11) is 1.23. The lowest BCUT2D eigenvalue weighted by atomic mass is 9.77. The van der Waals surface area contributed by atoms with E-state index in [9.17, 15) is 0 Å². The second-order valence-electron chi connectivity index (χ2n) is 8.48. The first-order valence-electron chi connectivity index (χ1n) is 9.69. The highest BCUT2D eigenvalue weighted by molar-refractivity contribution is 6.62. The van der Waals surface area contributed by atoms with E-state index < -0.39 is 18.3 Å². The molecule has 4 rings (SSSR count). The van der Waals surface area contributed by atoms with E-state index in [1.54, 1.807) is 7.11 Å². The van der Waals surface area contributed by atoms with Gasteiger partial charge in [-0.1, -0.05) is 18.2 Å². The molecule has 0 aliphatic carbocycles. The third-order valence-corrected chi connectivity index (χ3v) is 6.05. The number of hydrogen-bond acceptors (Lipinski definition) is 6. The van der Waals surface area contributed by atoms with Crippen LogP contribution in [0.5, 0.6) is 5.75 Å². The molecule has 0 spiro atoms. The van der Waals surface area contributed by atoms with E-state index in [0.29, 0.717) is 5.82 Å². The van der Waals surface area contributed by atoms with E-state index >= 15 is 0 Å². The Morgan fingerprint density at radius 1 is 0.931 bits per heavy atom. The minimum Gasteiger partial charge on any atom is -0.496 e. The van der Waals surface area contributed by atoms with Crippen LogP contribution in [0.3, 0.4) is 0 Å². The molecule has 0 radical (unpaired) electrons. The molecule has 0 bridgehead atoms. The highest BCUT2D eigenvalue weighted by Crippen LogP contribution is 2.38. The second-order valence-corrected chi connectivity index (χ2v) is 8.48. The van der Waals surface area contributed by atoms with E-state index in [1.807, 2.05) is 31.2 Å². The van der Waals surface area contributed by atoms with Crippen molar-refractivity contribution in [3.8, 4) is 16.9 Å². The normalized spacial score (nSPS) is 17.7. The number of ether oxygens (including phenoxy) is 1. The molecule has 0 atom stereocenters. The van der Waals surface area contributed by atoms with Crippen LogP contribution in [-0.2, 0) is 9.31 Å². The number of hydrogen-bond donors (Lipinski definition) is 1. The van der Waals surface area contributed by atoms with Crippen LogP contribution >= 0.6 is 0 Å². The van der Waals surface area contributed by atoms with E-state index in [4.69, 9.17) is 19.8 Å². The molecule has 0 amide bonds. The second kappa shape index (κ2) is 6.71. The average Bonchev–Trinajstić information content (AvgIpc) is 2.91. The molecule has 2 aromatic carbocycles. The Morgan fingerprint density at radius 2 is 1.62 bits per heavy atom. The van der Waals surface area contributed by atoms with Crippen molar-refractivity contribution in [2.24, 2.45) is 0 Å². The predicted octanol–water partition coefficient (Wildman–Crippen LogP) is 3.50. The van der Waals surface area contributed by atoms with Gasteiger partial charge >= 0.3 is 7.12 Å². The quantitative estimate of drug-likeness (QED) is 0.689. The van der Waals surface area contributed by atoms with Crippen LogP contribution in [0.2, 0.25) is 0 Å². The van der Waals surface area contributed by atoms with Crippen LogP contribution in [0.25, 0.3) is 21.9 Å². The zero-order valence-electron chi connectivity index (χ0n) is 17.7. The molecule has 7 heteroatoms. The summed E-state index contributed by atoms with van der Waals surface area (Å²) in [5.41, 5.74) is 8.94. The van der Waals surface area contributed by atoms with Gasteiger partial charge in [0.1, 0.15) is 5.75 Å². The summed E-state index contributed by atoms with van der Waals surface area (Å²) < 4.78 is 18.1. The van der Waals surface area contributed by atoms with Gasteiger partial charge in [0.05, 0.1) is 24.0 Å². The number of benzene rings is 2. The molecule has 2 N–H and O–H groups in total. The molecule has 0 saturated carbocycles. The van der Waals surface area contributed by atoms with Crippen LogP contribution in [0.4, 0.5) is 5.82 Å². The lowest BCUT2D eigenvalue weighted by Crippen LogP contribution is -2.41. The molecule has 1 aliphatic heterocycles. The molecule has 0 unspecified atom stereocenters. The Morgan fingerprint density at radius 3 is 2.28 bits per heavy atom. The van der Waals surface area contributed by atoms with Crippen molar-refractivity contribution in [3.63, 3.8) is 0 Å². The highest BCUT2D eigenvalue weighted by Gasteiger charge is 2.51. The third-order valence-electron chi connectivity index (χ3n) is 6.05. The van der Waals surface area contributed by atoms with Gasteiger partial charge in [-0.25, -0.2) is 0 Å². The Labute approximate surface area is 171 Å². The Balaban J connectivity index is 1.81. The van der Waals surface area contributed by atoms with Crippen LogP contribution < -0.4 is 15.9 Å². The predicted molar refractivity (Wildman–Crippen MR) is 116 cm³/mol. The van der Waals surface area contributed by atoms with E-state index in [-0.39, 0.29) is 0 Å². The molecule has 6 nitrogen and oxygen atoms in total. The number of aromatic nitrogens is 2. The Kier molecular flexibility index (Phi) is 4.55. The van der Waals surface area contributed by atoms with Crippen molar-refractivity contribution in [2.45, 2.75) is 45.8 Å². The number of methoxy groups -OCH3 is 1. The summed E-state index contributed by atoms with van der Waals surface area (Å²) >= 11 is 0. The van der Waals surface area contributed by atoms with Crippen molar-refractivity contribution in [3.05, 3.63) is 42.1 Å². The van der Waals surface area contributed by atoms with Gasteiger partial charge in [0.25, 0.3) is 0 Å². The third kappa shape index (κ3) is 3.24. The number of aryl methyl sites for hydroxylation is 1. The number of anilines is 1. The monoisotopic (exact) mass is 391 g/mol. The molecule has 29 heavy (non-hydrogen) atoms. The number of nitrogen functional groups attached to an aromatic ring is 1. The smallest absolute Gasteiger partial charge is 0.494 e. The SMILES string of the molecule is COc1ccc(B2OC(C)(C)C(C)(C)O2)cc1-c1ccc2c(N)nnc(C)c2c1. The van der Waals surface area contributed by atoms with Gasteiger partial charge in [-0.2, -0.15) is 5.10 Å². The summed E-state index contributed by atoms with van der Waals surface area (Å²) in [5, 5.41) is 10.0. The molecule has 1 saturated heterocycles. The first-order valence-corrected chi connectivity index (χ1v) is 9.69. The number of fused-ring (bicyclic) bond motifs is 1. The zero-order chi connectivity index (χ0) is 21.0. The Bertz CT molecular complexity index is 1080. The van der Waals surface area contributed by atoms with Crippen molar-refractivity contribution >= 4 is 29.2 Å². The molecule has 150 valence electrons. The standard InChI is InChI=1S/C22H26BN3O3/c1-13-17-11-14(7-9-16(17)20(24)26-25-13)18-12-15(8-10-19(18)27-6)23-28-21(2,3)22(4,5)29-23/h7-12H,1-6H3,(H2,24,26). The zero-order valence-corrected chi connectivity index (χ0v) is 17.7. The van der Waals surface area contributed by atoms with Crippen LogP contribution in [0.1, 0.15) is 33.4 Å². The summed E-state index contributed by atoms with van der Waals surface area (Å²) in [6, 6.07) is 12.1. The molecule has 1 aromatic heterocycles. The molecular formula is C22H26BN3O3. The first kappa shape index (κ1) is 19.7. The van der Waals surface area contributed by atoms with Gasteiger partial charge in [0.15, 0.2) is 5.82 Å². The van der Waals surface area contributed by atoms with E-state index in [1.165, 1.54) is 0 Å². The fraction of sp³-hybridized carbons (Fsp3) is 0.364. The van der Waals surface area contributed by atoms with Gasteiger partial charge in [-0.15, -0.1) is 5.10 Å². The van der Waals surface area contributed by atoms with E-state index in [2.05, 4.69) is 50.0 Å². The largest absolute Gasteiger partial charge is 0.496 e. The maximum Gasteiger partial charge on any atom is 0.494 e. The van der Waals surface area contributed by atoms with Crippen LogP contribution in [0.15, 0.2) is 36.4 Å². The van der Waals surface area contributed by atoms with Gasteiger partial charge in [0.2, 0.25) is 0 Å². The first-order chi connectivity index (χ1) is 13.6. The summed E-state index contributed by atoms with van der Waals surface area (Å²) in [4.78, 5) is 0. The molecule has 1 fully saturated rings. The number of nitrogens with two attached hydrogens (primary N) is 1. The van der Waals surface area contributed by atoms with Gasteiger partial charge in [-0.3, -0.25) is 0 Å². The number of rotatable bonds is 3. The Hall–Kier alpha value is -2.64. The maximum absolute atomic E-state index is 6.22. The number of nitrogens with zero attached hydrogens (tertiary/aromatic N) is 2. The molecule has 2 heterocycles. The van der Waals surface area contributed by atoms with Crippen molar-refractivity contribution < 1.29 is 14.0 Å². The van der Waals surface area contributed by atoms with Crippen LogP contribution in [-0.4, -0.2) is 35.6 Å². The topological polar surface area (TPSA) is 79.5 Å². The summed E-state index contributed by atoms with van der Waals surface area (Å²) in [6.45, 7) is 10.1. The van der Waals surface area contributed by atoms with Crippen molar-refractivity contribution in [1.29, 1.82) is 0 Å². The van der Waals surface area contributed by atoms with Crippen molar-refractivity contribution in [2.75, 3.05) is 12.8 Å². The lowest BCUT2D eigenvalue weighted by molar-refractivity contribution is 0.00578. The fourth-order valence-corrected chi connectivity index (χ4v) is 3.55. The van der Waals surface area contributed by atoms with Gasteiger partial charge in [0, 0.05) is 16.3 Å². The van der Waals surface area contributed by atoms with Gasteiger partial charge in [-0.05, 0) is 63.8 Å².